The van der Waals surface area contributed by atoms with Gasteiger partial charge in [-0.1, -0.05) is 30.3 Å². The van der Waals surface area contributed by atoms with Crippen LogP contribution in [0.4, 0.5) is 0 Å². The summed E-state index contributed by atoms with van der Waals surface area (Å²) in [6.45, 7) is 1.97. The summed E-state index contributed by atoms with van der Waals surface area (Å²) in [5.74, 6) is -0.298. The normalized spacial score (nSPS) is 15.5. The van der Waals surface area contributed by atoms with Gasteiger partial charge in [-0.2, -0.15) is 0 Å². The predicted molar refractivity (Wildman–Crippen MR) is 85.8 cm³/mol. The van der Waals surface area contributed by atoms with Gasteiger partial charge in [-0.25, -0.2) is 13.2 Å². The summed E-state index contributed by atoms with van der Waals surface area (Å²) in [5, 5.41) is 0. The number of hydrogen-bond acceptors (Lipinski definition) is 4. The molecule has 0 N–H and O–H groups in total. The number of hydrogen-bond donors (Lipinski definition) is 0. The molecule has 2 aromatic carbocycles. The third-order valence-electron chi connectivity index (χ3n) is 3.52. The van der Waals surface area contributed by atoms with Gasteiger partial charge in [0.1, 0.15) is 0 Å². The fraction of sp³-hybridized carbons (Fsp3) is 0.118. The first-order valence-electron chi connectivity index (χ1n) is 7.14. The maximum absolute atomic E-state index is 12.5. The second kappa shape index (κ2) is 5.89. The predicted octanol–water partition coefficient (Wildman–Crippen LogP) is 2.87. The molecular weight excluding hydrogens is 314 g/mol. The molecule has 2 aromatic rings. The van der Waals surface area contributed by atoms with Crippen LogP contribution in [0.2, 0.25) is 0 Å². The highest BCUT2D eigenvalue weighted by Gasteiger charge is 2.31. The summed E-state index contributed by atoms with van der Waals surface area (Å²) in [6, 6.07) is 15.1. The first kappa shape index (κ1) is 15.3. The van der Waals surface area contributed by atoms with Crippen LogP contribution in [0.15, 0.2) is 65.7 Å². The van der Waals surface area contributed by atoms with Crippen LogP contribution in [0.25, 0.3) is 5.76 Å². The highest BCUT2D eigenvalue weighted by Crippen LogP contribution is 2.33. The van der Waals surface area contributed by atoms with Crippen molar-refractivity contribution in [3.63, 3.8) is 0 Å². The second-order valence-electron chi connectivity index (χ2n) is 4.95. The van der Waals surface area contributed by atoms with Crippen LogP contribution in [-0.4, -0.2) is 25.2 Å². The van der Waals surface area contributed by atoms with E-state index in [4.69, 9.17) is 4.74 Å². The molecule has 0 saturated carbocycles. The smallest absolute Gasteiger partial charge is 0.343 e. The maximum Gasteiger partial charge on any atom is 0.343 e. The Balaban J connectivity index is 2.02. The fourth-order valence-electron chi connectivity index (χ4n) is 2.37. The van der Waals surface area contributed by atoms with Crippen molar-refractivity contribution in [2.45, 2.75) is 11.8 Å². The van der Waals surface area contributed by atoms with Crippen molar-refractivity contribution >= 4 is 21.8 Å². The van der Waals surface area contributed by atoms with Gasteiger partial charge in [0, 0.05) is 12.1 Å². The molecule has 118 valence electrons. The Morgan fingerprint density at radius 3 is 2.39 bits per heavy atom. The second-order valence-corrected chi connectivity index (χ2v) is 6.81. The number of benzene rings is 2. The van der Waals surface area contributed by atoms with Gasteiger partial charge < -0.3 is 4.74 Å². The molecule has 0 aromatic heterocycles. The van der Waals surface area contributed by atoms with Crippen molar-refractivity contribution < 1.29 is 17.9 Å². The van der Waals surface area contributed by atoms with E-state index < -0.39 is 16.0 Å². The minimum Gasteiger partial charge on any atom is -0.421 e. The van der Waals surface area contributed by atoms with Crippen LogP contribution in [-0.2, 0) is 14.8 Å². The van der Waals surface area contributed by atoms with E-state index in [1.165, 1.54) is 16.6 Å². The first-order valence-corrected chi connectivity index (χ1v) is 8.58. The largest absolute Gasteiger partial charge is 0.421 e. The molecule has 0 fully saturated rings. The number of rotatable bonds is 3. The Bertz CT molecular complexity index is 872. The van der Waals surface area contributed by atoms with E-state index in [0.29, 0.717) is 11.1 Å². The van der Waals surface area contributed by atoms with E-state index in [1.807, 2.05) is 0 Å². The lowest BCUT2D eigenvalue weighted by Crippen LogP contribution is -2.30. The van der Waals surface area contributed by atoms with Crippen LogP contribution in [0.1, 0.15) is 22.8 Å². The third kappa shape index (κ3) is 2.73. The zero-order valence-electron chi connectivity index (χ0n) is 12.5. The van der Waals surface area contributed by atoms with Crippen LogP contribution in [0.5, 0.6) is 0 Å². The van der Waals surface area contributed by atoms with Gasteiger partial charge in [-0.3, -0.25) is 4.31 Å². The molecule has 1 aliphatic rings. The van der Waals surface area contributed by atoms with E-state index in [0.717, 1.165) is 0 Å². The molecule has 0 amide bonds. The van der Waals surface area contributed by atoms with Crippen molar-refractivity contribution in [2.75, 3.05) is 6.54 Å². The highest BCUT2D eigenvalue weighted by atomic mass is 32.2. The van der Waals surface area contributed by atoms with Crippen molar-refractivity contribution in [2.24, 2.45) is 0 Å². The Labute approximate surface area is 134 Å². The number of carbonyl (C=O) groups excluding carboxylic acids is 1. The van der Waals surface area contributed by atoms with Gasteiger partial charge in [0.25, 0.3) is 10.0 Å². The molecule has 6 heteroatoms. The van der Waals surface area contributed by atoms with Crippen LogP contribution < -0.4 is 0 Å². The summed E-state index contributed by atoms with van der Waals surface area (Å²) < 4.78 is 31.6. The summed E-state index contributed by atoms with van der Waals surface area (Å²) >= 11 is 0. The topological polar surface area (TPSA) is 63.7 Å². The van der Waals surface area contributed by atoms with Crippen molar-refractivity contribution in [1.82, 2.24) is 4.31 Å². The molecule has 0 radical (unpaired) electrons. The van der Waals surface area contributed by atoms with E-state index in [9.17, 15) is 13.2 Å². The van der Waals surface area contributed by atoms with E-state index in [-0.39, 0.29) is 17.2 Å². The number of fused-ring (bicyclic) bond motifs is 1. The van der Waals surface area contributed by atoms with Crippen molar-refractivity contribution in [3.8, 4) is 0 Å². The molecule has 23 heavy (non-hydrogen) atoms. The zero-order valence-corrected chi connectivity index (χ0v) is 13.3. The van der Waals surface area contributed by atoms with Gasteiger partial charge >= 0.3 is 5.97 Å². The summed E-state index contributed by atoms with van der Waals surface area (Å²) in [4.78, 5) is 12.4. The van der Waals surface area contributed by atoms with E-state index in [1.54, 1.807) is 55.5 Å². The number of carbonyl (C=O) groups is 1. The monoisotopic (exact) mass is 329 g/mol. The molecule has 5 nitrogen and oxygen atoms in total. The third-order valence-corrected chi connectivity index (χ3v) is 5.42. The van der Waals surface area contributed by atoms with Gasteiger partial charge in [-0.15, -0.1) is 0 Å². The number of ether oxygens (including phenoxy) is 1. The Morgan fingerprint density at radius 2 is 1.70 bits per heavy atom. The molecule has 1 aliphatic heterocycles. The quantitative estimate of drug-likeness (QED) is 0.812. The van der Waals surface area contributed by atoms with Gasteiger partial charge in [-0.05, 0) is 31.2 Å². The number of sulfonamides is 1. The van der Waals surface area contributed by atoms with Crippen LogP contribution in [0, 0.1) is 0 Å². The number of nitrogens with zero attached hydrogens (tertiary/aromatic N) is 1. The molecular formula is C17H15NO4S. The average Bonchev–Trinajstić information content (AvgIpc) is 2.58. The molecule has 0 spiro atoms. The summed E-state index contributed by atoms with van der Waals surface area (Å²) in [6.07, 6.45) is 1.36. The van der Waals surface area contributed by atoms with E-state index >= 15 is 0 Å². The molecule has 1 heterocycles. The highest BCUT2D eigenvalue weighted by molar-refractivity contribution is 7.89. The minimum atomic E-state index is -3.60. The Kier molecular flexibility index (Phi) is 3.92. The SMILES string of the molecule is CCN1C=C(OC(=O)c2ccccc2)c2ccccc2S1(=O)=O. The Hall–Kier alpha value is -2.60. The minimum absolute atomic E-state index is 0.139. The molecule has 0 saturated heterocycles. The lowest BCUT2D eigenvalue weighted by Gasteiger charge is -2.26. The maximum atomic E-state index is 12.5. The Morgan fingerprint density at radius 1 is 1.04 bits per heavy atom. The summed E-state index contributed by atoms with van der Waals surface area (Å²) in [5.41, 5.74) is 0.795. The zero-order chi connectivity index (χ0) is 16.4. The molecule has 0 atom stereocenters. The summed E-state index contributed by atoms with van der Waals surface area (Å²) in [7, 11) is -3.60. The molecule has 0 bridgehead atoms. The van der Waals surface area contributed by atoms with Crippen LogP contribution in [0.3, 0.4) is 0 Å². The number of esters is 1. The lowest BCUT2D eigenvalue weighted by atomic mass is 10.2. The van der Waals surface area contributed by atoms with Gasteiger partial charge in [0.15, 0.2) is 5.76 Å². The van der Waals surface area contributed by atoms with Crippen molar-refractivity contribution in [1.29, 1.82) is 0 Å². The van der Waals surface area contributed by atoms with Crippen LogP contribution >= 0.6 is 0 Å². The average molecular weight is 329 g/mol. The fourth-order valence-corrected chi connectivity index (χ4v) is 3.89. The standard InChI is InChI=1S/C17H15NO4S/c1-2-18-12-15(22-17(19)13-8-4-3-5-9-13)14-10-6-7-11-16(14)23(18,20)21/h3-12H,2H2,1H3. The van der Waals surface area contributed by atoms with Gasteiger partial charge in [0.05, 0.1) is 16.7 Å². The lowest BCUT2D eigenvalue weighted by molar-refractivity contribution is 0.0689. The molecule has 3 rings (SSSR count). The first-order chi connectivity index (χ1) is 11.0. The van der Waals surface area contributed by atoms with Crippen molar-refractivity contribution in [3.05, 3.63) is 71.9 Å². The molecule has 0 aliphatic carbocycles. The van der Waals surface area contributed by atoms with Gasteiger partial charge in [0.2, 0.25) is 0 Å². The van der Waals surface area contributed by atoms with E-state index in [2.05, 4.69) is 0 Å². The molecule has 0 unspecified atom stereocenters.